The Balaban J connectivity index is 1.74. The van der Waals surface area contributed by atoms with Crippen LogP contribution < -0.4 is 10.3 Å². The SMILES string of the molecule is COc1cc(C=Cc2nc3ccccc3c(=O)n2CCc2ccccc2)ccc1O. The van der Waals surface area contributed by atoms with Crippen molar-refractivity contribution in [2.24, 2.45) is 0 Å². The molecule has 0 spiro atoms. The minimum Gasteiger partial charge on any atom is -0.504 e. The fourth-order valence-corrected chi connectivity index (χ4v) is 3.38. The normalized spacial score (nSPS) is 11.2. The van der Waals surface area contributed by atoms with E-state index in [0.717, 1.165) is 17.5 Å². The van der Waals surface area contributed by atoms with Crippen molar-refractivity contribution in [3.63, 3.8) is 0 Å². The molecule has 30 heavy (non-hydrogen) atoms. The van der Waals surface area contributed by atoms with Crippen LogP contribution in [0.4, 0.5) is 0 Å². The molecule has 1 aromatic heterocycles. The highest BCUT2D eigenvalue weighted by Gasteiger charge is 2.09. The van der Waals surface area contributed by atoms with Gasteiger partial charge in [0.25, 0.3) is 5.56 Å². The third-order valence-electron chi connectivity index (χ3n) is 4.99. The van der Waals surface area contributed by atoms with E-state index in [1.165, 1.54) is 7.11 Å². The number of nitrogens with zero attached hydrogens (tertiary/aromatic N) is 2. The van der Waals surface area contributed by atoms with E-state index in [-0.39, 0.29) is 11.3 Å². The summed E-state index contributed by atoms with van der Waals surface area (Å²) in [6.45, 7) is 0.527. The zero-order chi connectivity index (χ0) is 20.9. The van der Waals surface area contributed by atoms with Crippen molar-refractivity contribution in [2.45, 2.75) is 13.0 Å². The molecular formula is C25H22N2O3. The number of benzene rings is 3. The van der Waals surface area contributed by atoms with Gasteiger partial charge in [-0.05, 0) is 47.9 Å². The van der Waals surface area contributed by atoms with Gasteiger partial charge in [0, 0.05) is 6.54 Å². The first-order chi connectivity index (χ1) is 14.7. The Morgan fingerprint density at radius 2 is 1.77 bits per heavy atom. The van der Waals surface area contributed by atoms with Gasteiger partial charge in [-0.3, -0.25) is 9.36 Å². The summed E-state index contributed by atoms with van der Waals surface area (Å²) in [5.41, 5.74) is 2.61. The number of rotatable bonds is 6. The highest BCUT2D eigenvalue weighted by atomic mass is 16.5. The van der Waals surface area contributed by atoms with E-state index in [1.54, 1.807) is 22.8 Å². The average molecular weight is 398 g/mol. The maximum absolute atomic E-state index is 13.2. The van der Waals surface area contributed by atoms with Gasteiger partial charge < -0.3 is 9.84 Å². The summed E-state index contributed by atoms with van der Waals surface area (Å²) < 4.78 is 6.88. The molecule has 0 saturated heterocycles. The molecule has 0 aliphatic carbocycles. The van der Waals surface area contributed by atoms with Crippen molar-refractivity contribution in [3.8, 4) is 11.5 Å². The predicted molar refractivity (Wildman–Crippen MR) is 120 cm³/mol. The highest BCUT2D eigenvalue weighted by molar-refractivity contribution is 5.79. The Morgan fingerprint density at radius 1 is 1.00 bits per heavy atom. The van der Waals surface area contributed by atoms with E-state index in [2.05, 4.69) is 12.1 Å². The number of aromatic nitrogens is 2. The summed E-state index contributed by atoms with van der Waals surface area (Å²) >= 11 is 0. The van der Waals surface area contributed by atoms with Crippen LogP contribution in [-0.4, -0.2) is 21.8 Å². The van der Waals surface area contributed by atoms with Crippen LogP contribution in [0.15, 0.2) is 77.6 Å². The maximum atomic E-state index is 13.2. The van der Waals surface area contributed by atoms with E-state index >= 15 is 0 Å². The second kappa shape index (κ2) is 8.66. The molecule has 5 nitrogen and oxygen atoms in total. The minimum atomic E-state index is -0.0560. The zero-order valence-electron chi connectivity index (χ0n) is 16.7. The Hall–Kier alpha value is -3.86. The summed E-state index contributed by atoms with van der Waals surface area (Å²) in [6.07, 6.45) is 4.41. The second-order valence-electron chi connectivity index (χ2n) is 6.94. The zero-order valence-corrected chi connectivity index (χ0v) is 16.7. The van der Waals surface area contributed by atoms with Crippen molar-refractivity contribution in [2.75, 3.05) is 7.11 Å². The van der Waals surface area contributed by atoms with Gasteiger partial charge >= 0.3 is 0 Å². The molecular weight excluding hydrogens is 376 g/mol. The van der Waals surface area contributed by atoms with Gasteiger partial charge in [0.05, 0.1) is 18.0 Å². The predicted octanol–water partition coefficient (Wildman–Crippen LogP) is 4.52. The quantitative estimate of drug-likeness (QED) is 0.519. The van der Waals surface area contributed by atoms with E-state index in [0.29, 0.717) is 29.0 Å². The topological polar surface area (TPSA) is 64.3 Å². The Labute approximate surface area is 174 Å². The highest BCUT2D eigenvalue weighted by Crippen LogP contribution is 2.27. The van der Waals surface area contributed by atoms with E-state index in [9.17, 15) is 9.90 Å². The molecule has 0 amide bonds. The molecule has 0 unspecified atom stereocenters. The molecule has 4 aromatic rings. The van der Waals surface area contributed by atoms with Crippen LogP contribution in [0, 0.1) is 0 Å². The van der Waals surface area contributed by atoms with Crippen molar-refractivity contribution < 1.29 is 9.84 Å². The molecule has 150 valence electrons. The number of aromatic hydroxyl groups is 1. The lowest BCUT2D eigenvalue weighted by Crippen LogP contribution is -2.24. The molecule has 0 bridgehead atoms. The van der Waals surface area contributed by atoms with Crippen LogP contribution in [0.2, 0.25) is 0 Å². The van der Waals surface area contributed by atoms with Crippen molar-refractivity contribution in [1.29, 1.82) is 0 Å². The van der Waals surface area contributed by atoms with Crippen LogP contribution in [0.1, 0.15) is 17.0 Å². The van der Waals surface area contributed by atoms with E-state index in [4.69, 9.17) is 9.72 Å². The molecule has 0 aliphatic rings. The standard InChI is InChI=1S/C25H22N2O3/c1-30-23-17-19(11-13-22(23)28)12-14-24-26-21-10-6-5-9-20(21)25(29)27(24)16-15-18-7-3-2-4-8-18/h2-14,17,28H,15-16H2,1H3. The third-order valence-corrected chi connectivity index (χ3v) is 4.99. The van der Waals surface area contributed by atoms with Crippen LogP contribution in [0.25, 0.3) is 23.1 Å². The van der Waals surface area contributed by atoms with Gasteiger partial charge in [-0.15, -0.1) is 0 Å². The first-order valence-corrected chi connectivity index (χ1v) is 9.74. The van der Waals surface area contributed by atoms with Gasteiger partial charge in [-0.1, -0.05) is 54.6 Å². The lowest BCUT2D eigenvalue weighted by atomic mass is 10.1. The van der Waals surface area contributed by atoms with Crippen molar-refractivity contribution >= 4 is 23.1 Å². The van der Waals surface area contributed by atoms with Crippen LogP contribution >= 0.6 is 0 Å². The fraction of sp³-hybridized carbons (Fsp3) is 0.120. The number of methoxy groups -OCH3 is 1. The molecule has 0 radical (unpaired) electrons. The van der Waals surface area contributed by atoms with Gasteiger partial charge in [-0.2, -0.15) is 0 Å². The number of ether oxygens (including phenoxy) is 1. The van der Waals surface area contributed by atoms with Gasteiger partial charge in [0.15, 0.2) is 11.5 Å². The minimum absolute atomic E-state index is 0.0560. The number of hydrogen-bond donors (Lipinski definition) is 1. The number of hydrogen-bond acceptors (Lipinski definition) is 4. The number of fused-ring (bicyclic) bond motifs is 1. The summed E-state index contributed by atoms with van der Waals surface area (Å²) in [6, 6.07) is 22.6. The molecule has 0 saturated carbocycles. The maximum Gasteiger partial charge on any atom is 0.261 e. The summed E-state index contributed by atoms with van der Waals surface area (Å²) in [7, 11) is 1.51. The number of phenols is 1. The second-order valence-corrected chi connectivity index (χ2v) is 6.94. The van der Waals surface area contributed by atoms with Crippen molar-refractivity contribution in [1.82, 2.24) is 9.55 Å². The number of phenolic OH excluding ortho intramolecular Hbond substituents is 1. The Kier molecular flexibility index (Phi) is 5.61. The molecule has 1 heterocycles. The lowest BCUT2D eigenvalue weighted by Gasteiger charge is -2.11. The number of para-hydroxylation sites is 1. The molecule has 1 N–H and O–H groups in total. The monoisotopic (exact) mass is 398 g/mol. The summed E-state index contributed by atoms with van der Waals surface area (Å²) in [4.78, 5) is 17.9. The van der Waals surface area contributed by atoms with E-state index < -0.39 is 0 Å². The Morgan fingerprint density at radius 3 is 2.57 bits per heavy atom. The lowest BCUT2D eigenvalue weighted by molar-refractivity contribution is 0.373. The fourth-order valence-electron chi connectivity index (χ4n) is 3.38. The third kappa shape index (κ3) is 4.10. The molecule has 0 atom stereocenters. The Bertz CT molecular complexity index is 1260. The van der Waals surface area contributed by atoms with Crippen LogP contribution in [-0.2, 0) is 13.0 Å². The molecule has 4 rings (SSSR count). The smallest absolute Gasteiger partial charge is 0.261 e. The first-order valence-electron chi connectivity index (χ1n) is 9.74. The van der Waals surface area contributed by atoms with Crippen LogP contribution in [0.3, 0.4) is 0 Å². The summed E-state index contributed by atoms with van der Waals surface area (Å²) in [5, 5.41) is 10.4. The van der Waals surface area contributed by atoms with E-state index in [1.807, 2.05) is 54.6 Å². The van der Waals surface area contributed by atoms with Gasteiger partial charge in [0.1, 0.15) is 5.82 Å². The molecule has 3 aromatic carbocycles. The van der Waals surface area contributed by atoms with Gasteiger partial charge in [-0.25, -0.2) is 4.98 Å². The van der Waals surface area contributed by atoms with Gasteiger partial charge in [0.2, 0.25) is 0 Å². The first kappa shape index (κ1) is 19.5. The molecule has 5 heteroatoms. The summed E-state index contributed by atoms with van der Waals surface area (Å²) in [5.74, 6) is 1.06. The largest absolute Gasteiger partial charge is 0.504 e. The molecule has 0 aliphatic heterocycles. The average Bonchev–Trinajstić information content (AvgIpc) is 2.79. The van der Waals surface area contributed by atoms with Crippen LogP contribution in [0.5, 0.6) is 11.5 Å². The molecule has 0 fully saturated rings. The number of aryl methyl sites for hydroxylation is 1. The van der Waals surface area contributed by atoms with Crippen molar-refractivity contribution in [3.05, 3.63) is 100 Å².